The normalized spacial score (nSPS) is 12.8. The molecule has 0 aromatic carbocycles. The Morgan fingerprint density at radius 2 is 2.23 bits per heavy atom. The zero-order valence-corrected chi connectivity index (χ0v) is 8.38. The van der Waals surface area contributed by atoms with Crippen LogP contribution < -0.4 is 5.32 Å². The molecule has 4 heteroatoms. The summed E-state index contributed by atoms with van der Waals surface area (Å²) in [6.45, 7) is 3.02. The van der Waals surface area contributed by atoms with Crippen LogP contribution >= 0.6 is 0 Å². The minimum absolute atomic E-state index is 0.246. The van der Waals surface area contributed by atoms with Crippen molar-refractivity contribution in [2.24, 2.45) is 0 Å². The van der Waals surface area contributed by atoms with Crippen molar-refractivity contribution in [2.75, 3.05) is 20.3 Å². The number of carboxylic acids is 1. The quantitative estimate of drug-likeness (QED) is 0.556. The Morgan fingerprint density at radius 1 is 1.54 bits per heavy atom. The minimum Gasteiger partial charge on any atom is -0.480 e. The van der Waals surface area contributed by atoms with Gasteiger partial charge in [-0.05, 0) is 13.5 Å². The van der Waals surface area contributed by atoms with E-state index in [9.17, 15) is 4.79 Å². The molecule has 2 N–H and O–H groups in total. The number of unbranched alkanes of at least 4 members (excludes halogenated alkanes) is 2. The van der Waals surface area contributed by atoms with Crippen LogP contribution in [0.2, 0.25) is 0 Å². The van der Waals surface area contributed by atoms with Gasteiger partial charge in [-0.3, -0.25) is 4.79 Å². The highest BCUT2D eigenvalue weighted by molar-refractivity contribution is 5.73. The summed E-state index contributed by atoms with van der Waals surface area (Å²) in [4.78, 5) is 10.5. The monoisotopic (exact) mass is 189 g/mol. The van der Waals surface area contributed by atoms with Gasteiger partial charge in [0.25, 0.3) is 0 Å². The van der Waals surface area contributed by atoms with Crippen LogP contribution in [0.5, 0.6) is 0 Å². The molecular formula is C9H19NO3. The van der Waals surface area contributed by atoms with Crippen LogP contribution in [-0.4, -0.2) is 37.4 Å². The third-order valence-corrected chi connectivity index (χ3v) is 1.82. The van der Waals surface area contributed by atoms with Gasteiger partial charge in [-0.15, -0.1) is 0 Å². The van der Waals surface area contributed by atoms with Crippen molar-refractivity contribution in [2.45, 2.75) is 32.2 Å². The van der Waals surface area contributed by atoms with E-state index in [4.69, 9.17) is 9.84 Å². The lowest BCUT2D eigenvalue weighted by Gasteiger charge is -2.11. The molecule has 0 bridgehead atoms. The van der Waals surface area contributed by atoms with E-state index in [1.807, 2.05) is 0 Å². The summed E-state index contributed by atoms with van der Waals surface area (Å²) >= 11 is 0. The van der Waals surface area contributed by atoms with Crippen molar-refractivity contribution in [3.63, 3.8) is 0 Å². The van der Waals surface area contributed by atoms with Gasteiger partial charge >= 0.3 is 5.97 Å². The maximum Gasteiger partial charge on any atom is 0.323 e. The second-order valence-electron chi connectivity index (χ2n) is 2.96. The molecule has 4 nitrogen and oxygen atoms in total. The van der Waals surface area contributed by atoms with Crippen LogP contribution in [0.1, 0.15) is 26.2 Å². The average Bonchev–Trinajstić information content (AvgIpc) is 2.10. The third kappa shape index (κ3) is 6.54. The fourth-order valence-corrected chi connectivity index (χ4v) is 0.933. The topological polar surface area (TPSA) is 58.6 Å². The lowest BCUT2D eigenvalue weighted by molar-refractivity contribution is -0.140. The first-order valence-electron chi connectivity index (χ1n) is 4.70. The van der Waals surface area contributed by atoms with E-state index in [0.717, 1.165) is 19.3 Å². The number of nitrogens with one attached hydrogen (secondary N) is 1. The molecule has 0 radical (unpaired) electrons. The summed E-state index contributed by atoms with van der Waals surface area (Å²) in [5.74, 6) is -0.863. The molecule has 0 aromatic rings. The van der Waals surface area contributed by atoms with Gasteiger partial charge in [-0.1, -0.05) is 19.8 Å². The zero-order valence-electron chi connectivity index (χ0n) is 8.38. The molecule has 0 spiro atoms. The fraction of sp³-hybridized carbons (Fsp3) is 0.889. The number of rotatable bonds is 8. The van der Waals surface area contributed by atoms with Gasteiger partial charge in [0.15, 0.2) is 0 Å². The lowest BCUT2D eigenvalue weighted by Crippen LogP contribution is -2.38. The Kier molecular flexibility index (Phi) is 7.63. The van der Waals surface area contributed by atoms with E-state index < -0.39 is 12.0 Å². The SMILES string of the molecule is CCCCCOCC(NC)C(=O)O. The summed E-state index contributed by atoms with van der Waals surface area (Å²) in [5.41, 5.74) is 0. The van der Waals surface area contributed by atoms with E-state index in [1.165, 1.54) is 0 Å². The van der Waals surface area contributed by atoms with Crippen molar-refractivity contribution in [1.29, 1.82) is 0 Å². The summed E-state index contributed by atoms with van der Waals surface area (Å²) in [6, 6.07) is -0.582. The van der Waals surface area contributed by atoms with Crippen molar-refractivity contribution in [3.05, 3.63) is 0 Å². The molecule has 0 heterocycles. The predicted molar refractivity (Wildman–Crippen MR) is 50.8 cm³/mol. The number of carboxylic acid groups (broad SMARTS) is 1. The van der Waals surface area contributed by atoms with Gasteiger partial charge in [0.2, 0.25) is 0 Å². The highest BCUT2D eigenvalue weighted by atomic mass is 16.5. The number of carbonyl (C=O) groups is 1. The van der Waals surface area contributed by atoms with Crippen molar-refractivity contribution >= 4 is 5.97 Å². The molecule has 0 aromatic heterocycles. The first-order chi connectivity index (χ1) is 6.22. The van der Waals surface area contributed by atoms with E-state index in [-0.39, 0.29) is 6.61 Å². The van der Waals surface area contributed by atoms with Gasteiger partial charge in [0.1, 0.15) is 6.04 Å². The molecule has 78 valence electrons. The molecule has 0 rings (SSSR count). The zero-order chi connectivity index (χ0) is 10.1. The molecule has 0 aliphatic heterocycles. The maximum absolute atomic E-state index is 10.5. The van der Waals surface area contributed by atoms with E-state index in [1.54, 1.807) is 7.05 Å². The van der Waals surface area contributed by atoms with Gasteiger partial charge in [0, 0.05) is 6.61 Å². The first kappa shape index (κ1) is 12.4. The van der Waals surface area contributed by atoms with Crippen LogP contribution in [0.25, 0.3) is 0 Å². The Bertz CT molecular complexity index is 139. The molecule has 0 fully saturated rings. The van der Waals surface area contributed by atoms with Crippen LogP contribution in [0.4, 0.5) is 0 Å². The summed E-state index contributed by atoms with van der Waals surface area (Å²) in [5, 5.41) is 11.3. The summed E-state index contributed by atoms with van der Waals surface area (Å²) in [6.07, 6.45) is 3.29. The summed E-state index contributed by atoms with van der Waals surface area (Å²) in [7, 11) is 1.62. The number of hydrogen-bond acceptors (Lipinski definition) is 3. The molecule has 0 aliphatic rings. The van der Waals surface area contributed by atoms with Gasteiger partial charge < -0.3 is 15.2 Å². The molecule has 0 saturated heterocycles. The van der Waals surface area contributed by atoms with E-state index in [2.05, 4.69) is 12.2 Å². The largest absolute Gasteiger partial charge is 0.480 e. The second kappa shape index (κ2) is 8.01. The highest BCUT2D eigenvalue weighted by Crippen LogP contribution is 1.95. The van der Waals surface area contributed by atoms with Gasteiger partial charge in [-0.2, -0.15) is 0 Å². The predicted octanol–water partition coefficient (Wildman–Crippen LogP) is 0.866. The molecule has 1 atom stereocenters. The third-order valence-electron chi connectivity index (χ3n) is 1.82. The minimum atomic E-state index is -0.863. The smallest absolute Gasteiger partial charge is 0.323 e. The van der Waals surface area contributed by atoms with Crippen LogP contribution in [-0.2, 0) is 9.53 Å². The fourth-order valence-electron chi connectivity index (χ4n) is 0.933. The Hall–Kier alpha value is -0.610. The molecule has 13 heavy (non-hydrogen) atoms. The molecule has 0 saturated carbocycles. The van der Waals surface area contributed by atoms with Crippen LogP contribution in [0, 0.1) is 0 Å². The second-order valence-corrected chi connectivity index (χ2v) is 2.96. The van der Waals surface area contributed by atoms with E-state index >= 15 is 0 Å². The molecule has 0 aliphatic carbocycles. The number of likely N-dealkylation sites (N-methyl/N-ethyl adjacent to an activating group) is 1. The number of aliphatic carboxylic acids is 1. The lowest BCUT2D eigenvalue weighted by atomic mass is 10.3. The number of hydrogen-bond donors (Lipinski definition) is 2. The Balaban J connectivity index is 3.33. The molecule has 0 amide bonds. The van der Waals surface area contributed by atoms with E-state index in [0.29, 0.717) is 6.61 Å². The standard InChI is InChI=1S/C9H19NO3/c1-3-4-5-6-13-7-8(10-2)9(11)12/h8,10H,3-7H2,1-2H3,(H,11,12). The van der Waals surface area contributed by atoms with Crippen molar-refractivity contribution < 1.29 is 14.6 Å². The Labute approximate surface area is 79.3 Å². The first-order valence-corrected chi connectivity index (χ1v) is 4.70. The van der Waals surface area contributed by atoms with Crippen LogP contribution in [0.15, 0.2) is 0 Å². The Morgan fingerprint density at radius 3 is 2.69 bits per heavy atom. The summed E-state index contributed by atoms with van der Waals surface area (Å²) < 4.78 is 5.21. The average molecular weight is 189 g/mol. The highest BCUT2D eigenvalue weighted by Gasteiger charge is 2.13. The van der Waals surface area contributed by atoms with Gasteiger partial charge in [0.05, 0.1) is 6.61 Å². The number of ether oxygens (including phenoxy) is 1. The van der Waals surface area contributed by atoms with Gasteiger partial charge in [-0.25, -0.2) is 0 Å². The molecular weight excluding hydrogens is 170 g/mol. The van der Waals surface area contributed by atoms with Crippen molar-refractivity contribution in [3.8, 4) is 0 Å². The maximum atomic E-state index is 10.5. The molecule has 1 unspecified atom stereocenters. The van der Waals surface area contributed by atoms with Crippen LogP contribution in [0.3, 0.4) is 0 Å². The van der Waals surface area contributed by atoms with Crippen molar-refractivity contribution in [1.82, 2.24) is 5.32 Å².